The topological polar surface area (TPSA) is 54.9 Å². The standard InChI is InChI=1S/C4H5N2O2P/c7-3-1-2-6(9)4(8)5-3/h1-2H,9H2,(H,5,7,8). The van der Waals surface area contributed by atoms with Gasteiger partial charge in [-0.2, -0.15) is 0 Å². The first-order valence-corrected chi connectivity index (χ1v) is 2.79. The lowest BCUT2D eigenvalue weighted by Gasteiger charge is -1.89. The van der Waals surface area contributed by atoms with E-state index in [1.54, 1.807) is 0 Å². The van der Waals surface area contributed by atoms with Gasteiger partial charge >= 0.3 is 5.69 Å². The first-order chi connectivity index (χ1) is 4.20. The highest BCUT2D eigenvalue weighted by Gasteiger charge is 1.85. The Labute approximate surface area is 52.8 Å². The van der Waals surface area contributed by atoms with Crippen LogP contribution in [0.25, 0.3) is 0 Å². The second-order valence-corrected chi connectivity index (χ2v) is 2.07. The van der Waals surface area contributed by atoms with Crippen LogP contribution in [-0.2, 0) is 0 Å². The van der Waals surface area contributed by atoms with E-state index in [9.17, 15) is 9.59 Å². The van der Waals surface area contributed by atoms with Crippen LogP contribution in [0.3, 0.4) is 0 Å². The average molecular weight is 144 g/mol. The third-order valence-corrected chi connectivity index (χ3v) is 1.26. The van der Waals surface area contributed by atoms with Crippen LogP contribution in [0.15, 0.2) is 21.9 Å². The van der Waals surface area contributed by atoms with Crippen LogP contribution in [0.2, 0.25) is 0 Å². The van der Waals surface area contributed by atoms with E-state index in [1.807, 2.05) is 0 Å². The van der Waals surface area contributed by atoms with E-state index < -0.39 is 5.69 Å². The minimum Gasteiger partial charge on any atom is -0.285 e. The van der Waals surface area contributed by atoms with Gasteiger partial charge in [0, 0.05) is 12.3 Å². The summed E-state index contributed by atoms with van der Waals surface area (Å²) in [5.74, 6) is 0. The van der Waals surface area contributed by atoms with Crippen molar-refractivity contribution in [2.75, 3.05) is 0 Å². The number of nitrogens with zero attached hydrogens (tertiary/aromatic N) is 1. The quantitative estimate of drug-likeness (QED) is 0.483. The molecule has 1 atom stereocenters. The summed E-state index contributed by atoms with van der Waals surface area (Å²) in [4.78, 5) is 23.0. The molecule has 48 valence electrons. The summed E-state index contributed by atoms with van der Waals surface area (Å²) in [6.07, 6.45) is 1.38. The van der Waals surface area contributed by atoms with E-state index in [0.717, 1.165) is 0 Å². The minimum absolute atomic E-state index is 0.376. The summed E-state index contributed by atoms with van der Waals surface area (Å²) in [7, 11) is 2.14. The first-order valence-electron chi connectivity index (χ1n) is 2.27. The molecule has 9 heavy (non-hydrogen) atoms. The SMILES string of the molecule is O=c1ccn(P)c(=O)[nH]1. The van der Waals surface area contributed by atoms with Crippen molar-refractivity contribution in [3.05, 3.63) is 33.1 Å². The van der Waals surface area contributed by atoms with Crippen molar-refractivity contribution in [1.29, 1.82) is 0 Å². The van der Waals surface area contributed by atoms with Gasteiger partial charge in [0.1, 0.15) is 0 Å². The zero-order valence-electron chi connectivity index (χ0n) is 4.50. The lowest BCUT2D eigenvalue weighted by Crippen LogP contribution is -2.23. The van der Waals surface area contributed by atoms with Gasteiger partial charge in [-0.3, -0.25) is 14.1 Å². The second kappa shape index (κ2) is 2.15. The number of rotatable bonds is 0. The number of nitrogens with one attached hydrogen (secondary N) is 1. The molecule has 1 heterocycles. The Kier molecular flexibility index (Phi) is 1.49. The first kappa shape index (κ1) is 6.23. The van der Waals surface area contributed by atoms with Gasteiger partial charge in [0.15, 0.2) is 0 Å². The maximum atomic E-state index is 10.5. The van der Waals surface area contributed by atoms with Crippen molar-refractivity contribution < 1.29 is 0 Å². The third kappa shape index (κ3) is 1.27. The number of H-pyrrole nitrogens is 1. The van der Waals surface area contributed by atoms with Crippen LogP contribution in [0.1, 0.15) is 0 Å². The summed E-state index contributed by atoms with van der Waals surface area (Å²) in [6, 6.07) is 1.27. The van der Waals surface area contributed by atoms with Gasteiger partial charge in [-0.05, 0) is 9.39 Å². The van der Waals surface area contributed by atoms with E-state index in [2.05, 4.69) is 14.4 Å². The monoisotopic (exact) mass is 144 g/mol. The molecule has 0 fully saturated rings. The molecule has 0 aliphatic heterocycles. The highest BCUT2D eigenvalue weighted by molar-refractivity contribution is 7.14. The van der Waals surface area contributed by atoms with Gasteiger partial charge < -0.3 is 0 Å². The van der Waals surface area contributed by atoms with Crippen molar-refractivity contribution in [2.24, 2.45) is 0 Å². The van der Waals surface area contributed by atoms with Crippen LogP contribution in [0, 0.1) is 0 Å². The van der Waals surface area contributed by atoms with Crippen LogP contribution >= 0.6 is 9.39 Å². The number of aromatic amines is 1. The maximum absolute atomic E-state index is 10.5. The van der Waals surface area contributed by atoms with Gasteiger partial charge in [0.05, 0.1) is 0 Å². The molecule has 1 N–H and O–H groups in total. The Bertz CT molecular complexity index is 313. The summed E-state index contributed by atoms with van der Waals surface area (Å²) >= 11 is 0. The second-order valence-electron chi connectivity index (χ2n) is 1.52. The molecule has 1 aromatic heterocycles. The highest BCUT2D eigenvalue weighted by atomic mass is 31.0. The van der Waals surface area contributed by atoms with Gasteiger partial charge in [-0.1, -0.05) is 0 Å². The van der Waals surface area contributed by atoms with Crippen LogP contribution in [0.5, 0.6) is 0 Å². The Morgan fingerprint density at radius 2 is 2.22 bits per heavy atom. The van der Waals surface area contributed by atoms with E-state index in [-0.39, 0.29) is 5.56 Å². The van der Waals surface area contributed by atoms with Crippen molar-refractivity contribution in [2.45, 2.75) is 0 Å². The Morgan fingerprint density at radius 1 is 1.56 bits per heavy atom. The Morgan fingerprint density at radius 3 is 2.67 bits per heavy atom. The fourth-order valence-electron chi connectivity index (χ4n) is 0.427. The Hall–Kier alpha value is -0.890. The van der Waals surface area contributed by atoms with Gasteiger partial charge in [-0.15, -0.1) is 0 Å². The van der Waals surface area contributed by atoms with Crippen molar-refractivity contribution >= 4 is 9.39 Å². The predicted octanol–water partition coefficient (Wildman–Crippen LogP) is -0.825. The van der Waals surface area contributed by atoms with Crippen LogP contribution < -0.4 is 11.2 Å². The molecule has 0 aromatic carbocycles. The minimum atomic E-state index is -0.424. The lowest BCUT2D eigenvalue weighted by molar-refractivity contribution is 0.990. The Balaban J connectivity index is 3.52. The molecule has 0 saturated carbocycles. The highest BCUT2D eigenvalue weighted by Crippen LogP contribution is 1.78. The van der Waals surface area contributed by atoms with Crippen LogP contribution in [0.4, 0.5) is 0 Å². The van der Waals surface area contributed by atoms with E-state index in [0.29, 0.717) is 0 Å². The molecule has 0 amide bonds. The lowest BCUT2D eigenvalue weighted by atomic mass is 10.7. The molecular weight excluding hydrogens is 139 g/mol. The number of hydrogen-bond donors (Lipinski definition) is 1. The van der Waals surface area contributed by atoms with Crippen molar-refractivity contribution in [3.8, 4) is 0 Å². The molecular formula is C4H5N2O2P. The smallest absolute Gasteiger partial charge is 0.285 e. The molecule has 0 aliphatic carbocycles. The summed E-state index contributed by atoms with van der Waals surface area (Å²) in [6.45, 7) is 0. The van der Waals surface area contributed by atoms with Gasteiger partial charge in [0.2, 0.25) is 0 Å². The van der Waals surface area contributed by atoms with Crippen LogP contribution in [-0.4, -0.2) is 9.32 Å². The summed E-state index contributed by atoms with van der Waals surface area (Å²) < 4.78 is 1.21. The average Bonchev–Trinajstić information content (AvgIpc) is 1.80. The normalized spacial score (nSPS) is 9.44. The number of hydrogen-bond acceptors (Lipinski definition) is 2. The third-order valence-electron chi connectivity index (χ3n) is 0.851. The van der Waals surface area contributed by atoms with Crippen molar-refractivity contribution in [3.63, 3.8) is 0 Å². The van der Waals surface area contributed by atoms with E-state index in [1.165, 1.54) is 16.6 Å². The van der Waals surface area contributed by atoms with Gasteiger partial charge in [-0.25, -0.2) is 4.79 Å². The zero-order chi connectivity index (χ0) is 6.85. The molecule has 0 aliphatic rings. The van der Waals surface area contributed by atoms with E-state index >= 15 is 0 Å². The fraction of sp³-hybridized carbons (Fsp3) is 0. The van der Waals surface area contributed by atoms with Gasteiger partial charge in [0.25, 0.3) is 5.56 Å². The number of aromatic nitrogens is 2. The van der Waals surface area contributed by atoms with Crippen molar-refractivity contribution in [1.82, 2.24) is 9.32 Å². The van der Waals surface area contributed by atoms with E-state index in [4.69, 9.17) is 0 Å². The largest absolute Gasteiger partial charge is 0.331 e. The zero-order valence-corrected chi connectivity index (χ0v) is 5.65. The maximum Gasteiger partial charge on any atom is 0.331 e. The molecule has 0 bridgehead atoms. The molecule has 0 radical (unpaired) electrons. The molecule has 5 heteroatoms. The summed E-state index contributed by atoms with van der Waals surface area (Å²) in [5.41, 5.74) is -0.800. The predicted molar refractivity (Wildman–Crippen MR) is 36.4 cm³/mol. The molecule has 1 aromatic rings. The molecule has 4 nitrogen and oxygen atoms in total. The fourth-order valence-corrected chi connectivity index (χ4v) is 0.578. The molecule has 0 saturated heterocycles. The molecule has 0 spiro atoms. The molecule has 1 rings (SSSR count). The summed E-state index contributed by atoms with van der Waals surface area (Å²) in [5, 5.41) is 0. The molecule has 1 unspecified atom stereocenters.